The number of aryl methyl sites for hydroxylation is 2. The number of carbonyl (C=O) groups excluding carboxylic acids is 2. The van der Waals surface area contributed by atoms with Gasteiger partial charge in [0.25, 0.3) is 0 Å². The van der Waals surface area contributed by atoms with Crippen LogP contribution >= 0.6 is 0 Å². The average molecular weight is 421 g/mol. The van der Waals surface area contributed by atoms with E-state index in [1.54, 1.807) is 4.90 Å². The van der Waals surface area contributed by atoms with E-state index in [0.29, 0.717) is 19.4 Å². The monoisotopic (exact) mass is 420 g/mol. The molecule has 2 aromatic carbocycles. The molecule has 0 heterocycles. The van der Waals surface area contributed by atoms with Crippen LogP contribution in [0.15, 0.2) is 48.5 Å². The second-order valence-electron chi connectivity index (χ2n) is 8.94. The van der Waals surface area contributed by atoms with Crippen LogP contribution in [0, 0.1) is 13.8 Å². The summed E-state index contributed by atoms with van der Waals surface area (Å²) in [6.07, 6.45) is 6.57. The van der Waals surface area contributed by atoms with Gasteiger partial charge in [-0.2, -0.15) is 0 Å². The Kier molecular flexibility index (Phi) is 8.27. The molecule has 0 radical (unpaired) electrons. The number of benzene rings is 2. The normalized spacial score (nSPS) is 15.3. The molecule has 0 aromatic heterocycles. The molecule has 3 rings (SSSR count). The Hall–Kier alpha value is -2.62. The highest BCUT2D eigenvalue weighted by atomic mass is 16.2. The second kappa shape index (κ2) is 11.1. The van der Waals surface area contributed by atoms with E-state index in [2.05, 4.69) is 24.4 Å². The third-order valence-electron chi connectivity index (χ3n) is 6.25. The smallest absolute Gasteiger partial charge is 0.243 e. The molecule has 0 unspecified atom stereocenters. The molecular formula is C27H36N2O2. The molecule has 1 aliphatic carbocycles. The van der Waals surface area contributed by atoms with Crippen LogP contribution in [0.1, 0.15) is 67.7 Å². The Bertz CT molecular complexity index is 869. The summed E-state index contributed by atoms with van der Waals surface area (Å²) in [5, 5.41) is 3.24. The average Bonchev–Trinajstić information content (AvgIpc) is 2.76. The summed E-state index contributed by atoms with van der Waals surface area (Å²) in [4.78, 5) is 28.5. The van der Waals surface area contributed by atoms with Gasteiger partial charge in [0.05, 0.1) is 6.42 Å². The maximum atomic E-state index is 13.4. The molecular weight excluding hydrogens is 384 g/mol. The Balaban J connectivity index is 1.80. The first-order valence-corrected chi connectivity index (χ1v) is 11.7. The van der Waals surface area contributed by atoms with Crippen LogP contribution in [0.3, 0.4) is 0 Å². The molecule has 0 bridgehead atoms. The summed E-state index contributed by atoms with van der Waals surface area (Å²) in [6, 6.07) is 16.0. The van der Waals surface area contributed by atoms with Crippen molar-refractivity contribution in [1.82, 2.24) is 10.2 Å². The fourth-order valence-corrected chi connectivity index (χ4v) is 4.45. The predicted octanol–water partition coefficient (Wildman–Crippen LogP) is 5.10. The predicted molar refractivity (Wildman–Crippen MR) is 126 cm³/mol. The standard InChI is InChI=1S/C27H36N2O2/c1-4-25(27(31)28-24-11-6-5-7-12-24)29(19-23-10-8-9-21(3)17-23)26(30)18-22-15-13-20(2)14-16-22/h8-10,13-17,24-25H,4-7,11-12,18-19H2,1-3H3,(H,28,31)/t25-/m1/s1. The maximum absolute atomic E-state index is 13.4. The second-order valence-corrected chi connectivity index (χ2v) is 8.94. The van der Waals surface area contributed by atoms with Gasteiger partial charge in [-0.1, -0.05) is 85.8 Å². The fraction of sp³-hybridized carbons (Fsp3) is 0.481. The first-order valence-electron chi connectivity index (χ1n) is 11.7. The summed E-state index contributed by atoms with van der Waals surface area (Å²) >= 11 is 0. The number of carbonyl (C=O) groups is 2. The van der Waals surface area contributed by atoms with Crippen LogP contribution in [0.4, 0.5) is 0 Å². The van der Waals surface area contributed by atoms with E-state index in [4.69, 9.17) is 0 Å². The lowest BCUT2D eigenvalue weighted by Gasteiger charge is -2.33. The van der Waals surface area contributed by atoms with Crippen molar-refractivity contribution in [1.29, 1.82) is 0 Å². The van der Waals surface area contributed by atoms with Gasteiger partial charge in [0.15, 0.2) is 0 Å². The highest BCUT2D eigenvalue weighted by molar-refractivity contribution is 5.88. The molecule has 0 spiro atoms. The molecule has 1 saturated carbocycles. The molecule has 1 fully saturated rings. The molecule has 0 saturated heterocycles. The molecule has 2 aromatic rings. The zero-order chi connectivity index (χ0) is 22.2. The van der Waals surface area contributed by atoms with Gasteiger partial charge < -0.3 is 10.2 Å². The minimum Gasteiger partial charge on any atom is -0.352 e. The van der Waals surface area contributed by atoms with Crippen molar-refractivity contribution in [3.63, 3.8) is 0 Å². The van der Waals surface area contributed by atoms with Crippen LogP contribution in [0.2, 0.25) is 0 Å². The minimum absolute atomic E-state index is 0.00370. The van der Waals surface area contributed by atoms with Gasteiger partial charge in [0.1, 0.15) is 6.04 Å². The molecule has 4 nitrogen and oxygen atoms in total. The van der Waals surface area contributed by atoms with Crippen molar-refractivity contribution in [3.05, 3.63) is 70.8 Å². The molecule has 1 atom stereocenters. The van der Waals surface area contributed by atoms with Gasteiger partial charge in [-0.15, -0.1) is 0 Å². The van der Waals surface area contributed by atoms with Crippen molar-refractivity contribution in [2.45, 2.75) is 84.3 Å². The first kappa shape index (κ1) is 23.1. The van der Waals surface area contributed by atoms with Gasteiger partial charge in [-0.25, -0.2) is 0 Å². The molecule has 0 aliphatic heterocycles. The molecule has 166 valence electrons. The van der Waals surface area contributed by atoms with Crippen LogP contribution < -0.4 is 5.32 Å². The molecule has 1 N–H and O–H groups in total. The lowest BCUT2D eigenvalue weighted by molar-refractivity contribution is -0.141. The summed E-state index contributed by atoms with van der Waals surface area (Å²) in [7, 11) is 0. The van der Waals surface area contributed by atoms with Gasteiger partial charge in [0, 0.05) is 12.6 Å². The quantitative estimate of drug-likeness (QED) is 0.646. The SMILES string of the molecule is CC[C@H](C(=O)NC1CCCCC1)N(Cc1cccc(C)c1)C(=O)Cc1ccc(C)cc1. The van der Waals surface area contributed by atoms with Crippen molar-refractivity contribution in [2.24, 2.45) is 0 Å². The molecule has 1 aliphatic rings. The zero-order valence-electron chi connectivity index (χ0n) is 19.2. The van der Waals surface area contributed by atoms with Crippen LogP contribution in [0.5, 0.6) is 0 Å². The van der Waals surface area contributed by atoms with E-state index >= 15 is 0 Å². The first-order chi connectivity index (χ1) is 15.0. The Labute approximate surface area is 187 Å². The lowest BCUT2D eigenvalue weighted by Crippen LogP contribution is -2.51. The van der Waals surface area contributed by atoms with Crippen molar-refractivity contribution < 1.29 is 9.59 Å². The summed E-state index contributed by atoms with van der Waals surface area (Å²) < 4.78 is 0. The van der Waals surface area contributed by atoms with E-state index in [0.717, 1.165) is 29.5 Å². The highest BCUT2D eigenvalue weighted by Crippen LogP contribution is 2.20. The number of rotatable bonds is 8. The van der Waals surface area contributed by atoms with Gasteiger partial charge in [-0.3, -0.25) is 9.59 Å². The van der Waals surface area contributed by atoms with E-state index in [9.17, 15) is 9.59 Å². The fourth-order valence-electron chi connectivity index (χ4n) is 4.45. The van der Waals surface area contributed by atoms with Crippen molar-refractivity contribution in [3.8, 4) is 0 Å². The van der Waals surface area contributed by atoms with E-state index in [-0.39, 0.29) is 17.9 Å². The summed E-state index contributed by atoms with van der Waals surface area (Å²) in [5.41, 5.74) is 4.36. The van der Waals surface area contributed by atoms with Crippen molar-refractivity contribution >= 4 is 11.8 Å². The van der Waals surface area contributed by atoms with Gasteiger partial charge in [0.2, 0.25) is 11.8 Å². The van der Waals surface area contributed by atoms with Gasteiger partial charge >= 0.3 is 0 Å². The van der Waals surface area contributed by atoms with Gasteiger partial charge in [-0.05, 0) is 44.2 Å². The number of hydrogen-bond donors (Lipinski definition) is 1. The topological polar surface area (TPSA) is 49.4 Å². The number of amides is 2. The largest absolute Gasteiger partial charge is 0.352 e. The number of hydrogen-bond acceptors (Lipinski definition) is 2. The molecule has 2 amide bonds. The molecule has 4 heteroatoms. The van der Waals surface area contributed by atoms with E-state index in [1.165, 1.54) is 24.8 Å². The van der Waals surface area contributed by atoms with Crippen LogP contribution in [-0.2, 0) is 22.6 Å². The highest BCUT2D eigenvalue weighted by Gasteiger charge is 2.30. The van der Waals surface area contributed by atoms with E-state index in [1.807, 2.05) is 50.2 Å². The minimum atomic E-state index is -0.458. The third-order valence-corrected chi connectivity index (χ3v) is 6.25. The van der Waals surface area contributed by atoms with E-state index < -0.39 is 6.04 Å². The summed E-state index contributed by atoms with van der Waals surface area (Å²) in [6.45, 7) is 6.53. The zero-order valence-corrected chi connectivity index (χ0v) is 19.2. The lowest BCUT2D eigenvalue weighted by atomic mass is 9.95. The Morgan fingerprint density at radius 2 is 1.68 bits per heavy atom. The number of nitrogens with one attached hydrogen (secondary N) is 1. The Morgan fingerprint density at radius 3 is 2.32 bits per heavy atom. The molecule has 31 heavy (non-hydrogen) atoms. The van der Waals surface area contributed by atoms with Crippen LogP contribution in [-0.4, -0.2) is 28.8 Å². The Morgan fingerprint density at radius 1 is 0.968 bits per heavy atom. The van der Waals surface area contributed by atoms with Crippen LogP contribution in [0.25, 0.3) is 0 Å². The van der Waals surface area contributed by atoms with Crippen molar-refractivity contribution in [2.75, 3.05) is 0 Å². The third kappa shape index (κ3) is 6.68. The number of nitrogens with zero attached hydrogens (tertiary/aromatic N) is 1. The summed E-state index contributed by atoms with van der Waals surface area (Å²) in [5.74, 6) is -0.0182. The maximum Gasteiger partial charge on any atom is 0.243 e.